The highest BCUT2D eigenvalue weighted by molar-refractivity contribution is 5.80. The Kier molecular flexibility index (Phi) is 7.38. The third-order valence-corrected chi connectivity index (χ3v) is 4.87. The van der Waals surface area contributed by atoms with E-state index in [1.165, 1.54) is 5.56 Å². The van der Waals surface area contributed by atoms with E-state index < -0.39 is 0 Å². The van der Waals surface area contributed by atoms with Gasteiger partial charge in [0, 0.05) is 56.5 Å². The number of hydrogen-bond donors (Lipinski definition) is 2. The lowest BCUT2D eigenvalue weighted by Crippen LogP contribution is -2.37. The van der Waals surface area contributed by atoms with Crippen LogP contribution in [0.2, 0.25) is 0 Å². The number of nitrogens with one attached hydrogen (secondary N) is 2. The number of ether oxygens (including phenoxy) is 2. The second-order valence-electron chi connectivity index (χ2n) is 7.56. The first kappa shape index (κ1) is 21.7. The summed E-state index contributed by atoms with van der Waals surface area (Å²) in [6.45, 7) is 8.69. The van der Waals surface area contributed by atoms with Crippen molar-refractivity contribution in [1.82, 2.24) is 15.6 Å². The van der Waals surface area contributed by atoms with Gasteiger partial charge in [-0.05, 0) is 39.0 Å². The van der Waals surface area contributed by atoms with Gasteiger partial charge >= 0.3 is 0 Å². The van der Waals surface area contributed by atoms with Crippen molar-refractivity contribution >= 4 is 11.8 Å². The van der Waals surface area contributed by atoms with Gasteiger partial charge in [-0.3, -0.25) is 0 Å². The molecule has 2 aromatic rings. The Morgan fingerprint density at radius 3 is 2.83 bits per heavy atom. The number of rotatable bonds is 8. The summed E-state index contributed by atoms with van der Waals surface area (Å²) in [4.78, 5) is 11.3. The number of hydrogen-bond acceptors (Lipinski definition) is 5. The summed E-state index contributed by atoms with van der Waals surface area (Å²) in [7, 11) is 3.99. The topological polar surface area (TPSA) is 71.0 Å². The molecule has 162 valence electrons. The number of anilines is 1. The highest BCUT2D eigenvalue weighted by Crippen LogP contribution is 2.35. The van der Waals surface area contributed by atoms with Gasteiger partial charge in [-0.1, -0.05) is 6.07 Å². The quantitative estimate of drug-likeness (QED) is 0.514. The first-order chi connectivity index (χ1) is 14.5. The molecule has 1 aliphatic rings. The second-order valence-corrected chi connectivity index (χ2v) is 7.56. The van der Waals surface area contributed by atoms with Crippen molar-refractivity contribution in [2.75, 3.05) is 32.1 Å². The fourth-order valence-corrected chi connectivity index (χ4v) is 3.55. The Balaban J connectivity index is 1.76. The zero-order valence-electron chi connectivity index (χ0n) is 18.7. The smallest absolute Gasteiger partial charge is 0.191 e. The van der Waals surface area contributed by atoms with Crippen molar-refractivity contribution < 1.29 is 9.47 Å². The molecule has 0 bridgehead atoms. The van der Waals surface area contributed by atoms with Crippen LogP contribution in [0, 0.1) is 0 Å². The predicted molar refractivity (Wildman–Crippen MR) is 122 cm³/mol. The molecule has 1 unspecified atom stereocenters. The summed E-state index contributed by atoms with van der Waals surface area (Å²) < 4.78 is 11.8. The van der Waals surface area contributed by atoms with Crippen molar-refractivity contribution in [3.8, 4) is 11.5 Å². The Morgan fingerprint density at radius 2 is 2.10 bits per heavy atom. The Hall–Kier alpha value is -2.96. The van der Waals surface area contributed by atoms with E-state index in [2.05, 4.69) is 47.7 Å². The third-order valence-electron chi connectivity index (χ3n) is 4.87. The molecule has 3 rings (SSSR count). The van der Waals surface area contributed by atoms with Crippen LogP contribution in [-0.4, -0.2) is 44.3 Å². The molecule has 0 fully saturated rings. The molecule has 7 heteroatoms. The third kappa shape index (κ3) is 5.34. The zero-order valence-corrected chi connectivity index (χ0v) is 18.7. The van der Waals surface area contributed by atoms with Gasteiger partial charge in [-0.15, -0.1) is 0 Å². The minimum Gasteiger partial charge on any atom is -0.494 e. The number of fused-ring (bicyclic) bond motifs is 1. The van der Waals surface area contributed by atoms with Crippen LogP contribution < -0.4 is 25.0 Å². The van der Waals surface area contributed by atoms with E-state index in [4.69, 9.17) is 14.5 Å². The first-order valence-electron chi connectivity index (χ1n) is 10.6. The number of guanidine groups is 1. The highest BCUT2D eigenvalue weighted by atomic mass is 16.5. The van der Waals surface area contributed by atoms with E-state index in [0.29, 0.717) is 19.7 Å². The lowest BCUT2D eigenvalue weighted by molar-refractivity contribution is 0.254. The minimum absolute atomic E-state index is 0.206. The van der Waals surface area contributed by atoms with Crippen molar-refractivity contribution in [2.45, 2.75) is 46.4 Å². The van der Waals surface area contributed by atoms with Gasteiger partial charge in [0.1, 0.15) is 23.4 Å². The largest absolute Gasteiger partial charge is 0.494 e. The molecule has 0 saturated carbocycles. The molecule has 1 aromatic carbocycles. The van der Waals surface area contributed by atoms with Crippen LogP contribution in [0.4, 0.5) is 5.82 Å². The molecule has 0 radical (unpaired) electrons. The molecule has 1 aromatic heterocycles. The van der Waals surface area contributed by atoms with Crippen LogP contribution in [0.25, 0.3) is 0 Å². The summed E-state index contributed by atoms with van der Waals surface area (Å²) in [5.41, 5.74) is 3.34. The molecule has 2 heterocycles. The number of aliphatic imine (C=N–C) groups is 1. The molecule has 2 N–H and O–H groups in total. The molecule has 30 heavy (non-hydrogen) atoms. The normalized spacial score (nSPS) is 15.4. The van der Waals surface area contributed by atoms with E-state index in [1.54, 1.807) is 0 Å². The maximum Gasteiger partial charge on any atom is 0.191 e. The minimum atomic E-state index is 0.206. The standard InChI is InChI=1S/C23H33N5O2/c1-6-24-23(26-14-17-9-8-10-25-22(17)28(4)5)27-15-19-13-21-18(11-16(3)30-21)12-20(19)29-7-2/h8-10,12-13,16H,6-7,11,14-15H2,1-5H3,(H2,24,26,27). The highest BCUT2D eigenvalue weighted by Gasteiger charge is 2.21. The number of benzene rings is 1. The van der Waals surface area contributed by atoms with E-state index in [-0.39, 0.29) is 6.10 Å². The van der Waals surface area contributed by atoms with Gasteiger partial charge in [0.15, 0.2) is 5.96 Å². The average Bonchev–Trinajstić information content (AvgIpc) is 3.09. The van der Waals surface area contributed by atoms with Crippen LogP contribution in [-0.2, 0) is 19.5 Å². The Bertz CT molecular complexity index is 882. The van der Waals surface area contributed by atoms with Crippen LogP contribution in [0.15, 0.2) is 35.5 Å². The van der Waals surface area contributed by atoms with E-state index in [0.717, 1.165) is 47.4 Å². The van der Waals surface area contributed by atoms with Crippen molar-refractivity contribution in [3.63, 3.8) is 0 Å². The molecule has 0 spiro atoms. The number of aromatic nitrogens is 1. The summed E-state index contributed by atoms with van der Waals surface area (Å²) in [5, 5.41) is 6.73. The second kappa shape index (κ2) is 10.2. The van der Waals surface area contributed by atoms with Gasteiger partial charge in [0.2, 0.25) is 0 Å². The molecular weight excluding hydrogens is 378 g/mol. The van der Waals surface area contributed by atoms with Gasteiger partial charge in [0.05, 0.1) is 13.2 Å². The van der Waals surface area contributed by atoms with Crippen molar-refractivity contribution in [2.24, 2.45) is 4.99 Å². The summed E-state index contributed by atoms with van der Waals surface area (Å²) in [6, 6.07) is 8.20. The molecular formula is C23H33N5O2. The lowest BCUT2D eigenvalue weighted by atomic mass is 10.1. The van der Waals surface area contributed by atoms with Gasteiger partial charge in [0.25, 0.3) is 0 Å². The molecule has 1 aliphatic heterocycles. The van der Waals surface area contributed by atoms with E-state index in [9.17, 15) is 0 Å². The summed E-state index contributed by atoms with van der Waals surface area (Å²) in [6.07, 6.45) is 2.93. The average molecular weight is 412 g/mol. The molecule has 0 saturated heterocycles. The van der Waals surface area contributed by atoms with Gasteiger partial charge < -0.3 is 25.0 Å². The SMILES string of the molecule is CCNC(=NCc1cc2c(cc1OCC)CC(C)O2)NCc1cccnc1N(C)C. The van der Waals surface area contributed by atoms with Crippen LogP contribution in [0.5, 0.6) is 11.5 Å². The molecule has 0 amide bonds. The van der Waals surface area contributed by atoms with Crippen molar-refractivity contribution in [3.05, 3.63) is 47.2 Å². The van der Waals surface area contributed by atoms with Gasteiger partial charge in [-0.2, -0.15) is 0 Å². The number of nitrogens with zero attached hydrogens (tertiary/aromatic N) is 3. The predicted octanol–water partition coefficient (Wildman–Crippen LogP) is 3.13. The maximum absolute atomic E-state index is 5.93. The molecule has 7 nitrogen and oxygen atoms in total. The lowest BCUT2D eigenvalue weighted by Gasteiger charge is -2.17. The number of pyridine rings is 1. The van der Waals surface area contributed by atoms with Crippen molar-refractivity contribution in [1.29, 1.82) is 0 Å². The van der Waals surface area contributed by atoms with E-state index >= 15 is 0 Å². The fourth-order valence-electron chi connectivity index (χ4n) is 3.55. The summed E-state index contributed by atoms with van der Waals surface area (Å²) >= 11 is 0. The van der Waals surface area contributed by atoms with Crippen LogP contribution in [0.3, 0.4) is 0 Å². The van der Waals surface area contributed by atoms with Crippen LogP contribution in [0.1, 0.15) is 37.5 Å². The van der Waals surface area contributed by atoms with Crippen LogP contribution >= 0.6 is 0 Å². The molecule has 0 aliphatic carbocycles. The Morgan fingerprint density at radius 1 is 1.27 bits per heavy atom. The monoisotopic (exact) mass is 411 g/mol. The maximum atomic E-state index is 5.93. The summed E-state index contributed by atoms with van der Waals surface area (Å²) in [5.74, 6) is 3.53. The fraction of sp³-hybridized carbons (Fsp3) is 0.478. The van der Waals surface area contributed by atoms with Gasteiger partial charge in [-0.25, -0.2) is 9.98 Å². The van der Waals surface area contributed by atoms with E-state index in [1.807, 2.05) is 38.2 Å². The molecule has 1 atom stereocenters. The zero-order chi connectivity index (χ0) is 21.5. The first-order valence-corrected chi connectivity index (χ1v) is 10.6. The Labute approximate surface area is 179 Å².